The van der Waals surface area contributed by atoms with E-state index in [4.69, 9.17) is 16.0 Å². The number of carbonyl (C=O) groups is 1. The number of aromatic nitrogens is 2. The molecule has 3 aromatic rings. The molecule has 0 radical (unpaired) electrons. The van der Waals surface area contributed by atoms with Crippen molar-refractivity contribution in [1.82, 2.24) is 19.6 Å². The zero-order valence-electron chi connectivity index (χ0n) is 14.9. The van der Waals surface area contributed by atoms with E-state index in [2.05, 4.69) is 10.00 Å². The lowest BCUT2D eigenvalue weighted by Crippen LogP contribution is -2.37. The Morgan fingerprint density at radius 1 is 1.31 bits per heavy atom. The lowest BCUT2D eigenvalue weighted by molar-refractivity contribution is 0.0682. The SMILES string of the molecule is CN(C)C[C@@H]1CN(C(=O)c2cc3cc(Cl)ccc3o2)Cc2ccnn2C1. The summed E-state index contributed by atoms with van der Waals surface area (Å²) in [4.78, 5) is 17.1. The van der Waals surface area contributed by atoms with Crippen LogP contribution < -0.4 is 0 Å². The maximum absolute atomic E-state index is 13.1. The van der Waals surface area contributed by atoms with Gasteiger partial charge in [-0.1, -0.05) is 11.6 Å². The first-order chi connectivity index (χ1) is 12.5. The summed E-state index contributed by atoms with van der Waals surface area (Å²) in [5.41, 5.74) is 1.71. The summed E-state index contributed by atoms with van der Waals surface area (Å²) in [7, 11) is 4.09. The molecule has 26 heavy (non-hydrogen) atoms. The molecular weight excluding hydrogens is 352 g/mol. The molecule has 0 aliphatic carbocycles. The van der Waals surface area contributed by atoms with Crippen molar-refractivity contribution in [2.45, 2.75) is 13.1 Å². The van der Waals surface area contributed by atoms with Crippen molar-refractivity contribution in [3.05, 3.63) is 53.0 Å². The Morgan fingerprint density at radius 3 is 2.96 bits per heavy atom. The van der Waals surface area contributed by atoms with Crippen molar-refractivity contribution < 1.29 is 9.21 Å². The first kappa shape index (κ1) is 17.1. The van der Waals surface area contributed by atoms with E-state index in [-0.39, 0.29) is 5.91 Å². The molecule has 0 saturated carbocycles. The Kier molecular flexibility index (Phi) is 4.46. The normalized spacial score (nSPS) is 17.5. The molecule has 0 unspecified atom stereocenters. The van der Waals surface area contributed by atoms with Crippen molar-refractivity contribution in [1.29, 1.82) is 0 Å². The summed E-state index contributed by atoms with van der Waals surface area (Å²) in [6.07, 6.45) is 1.79. The van der Waals surface area contributed by atoms with Gasteiger partial charge in [-0.3, -0.25) is 9.48 Å². The van der Waals surface area contributed by atoms with Gasteiger partial charge >= 0.3 is 0 Å². The predicted molar refractivity (Wildman–Crippen MR) is 100 cm³/mol. The molecule has 0 N–H and O–H groups in total. The van der Waals surface area contributed by atoms with E-state index in [1.165, 1.54) is 0 Å². The Morgan fingerprint density at radius 2 is 2.15 bits per heavy atom. The molecule has 136 valence electrons. The molecule has 1 atom stereocenters. The molecule has 1 aliphatic heterocycles. The molecule has 3 heterocycles. The molecule has 0 saturated heterocycles. The first-order valence-corrected chi connectivity index (χ1v) is 9.01. The van der Waals surface area contributed by atoms with Gasteiger partial charge in [0.2, 0.25) is 0 Å². The van der Waals surface area contributed by atoms with Crippen LogP contribution in [0.2, 0.25) is 5.02 Å². The van der Waals surface area contributed by atoms with Gasteiger partial charge < -0.3 is 14.2 Å². The number of hydrogen-bond donors (Lipinski definition) is 0. The second-order valence-electron chi connectivity index (χ2n) is 7.11. The molecule has 1 amide bonds. The second-order valence-corrected chi connectivity index (χ2v) is 7.55. The van der Waals surface area contributed by atoms with Gasteiger partial charge in [0.05, 0.1) is 12.2 Å². The fraction of sp³-hybridized carbons (Fsp3) is 0.368. The number of amides is 1. The van der Waals surface area contributed by atoms with Crippen LogP contribution in [0.1, 0.15) is 16.2 Å². The van der Waals surface area contributed by atoms with Gasteiger partial charge in [-0.25, -0.2) is 0 Å². The molecule has 7 heteroatoms. The largest absolute Gasteiger partial charge is 0.451 e. The minimum atomic E-state index is -0.101. The highest BCUT2D eigenvalue weighted by Crippen LogP contribution is 2.25. The van der Waals surface area contributed by atoms with Crippen LogP contribution in [0.4, 0.5) is 0 Å². The van der Waals surface area contributed by atoms with E-state index in [9.17, 15) is 4.79 Å². The number of nitrogens with zero attached hydrogens (tertiary/aromatic N) is 4. The maximum atomic E-state index is 13.1. The van der Waals surface area contributed by atoms with Gasteiger partial charge in [0, 0.05) is 42.2 Å². The van der Waals surface area contributed by atoms with Crippen LogP contribution in [-0.2, 0) is 13.1 Å². The van der Waals surface area contributed by atoms with Crippen LogP contribution in [0.5, 0.6) is 0 Å². The van der Waals surface area contributed by atoms with Crippen LogP contribution >= 0.6 is 11.6 Å². The smallest absolute Gasteiger partial charge is 0.289 e. The monoisotopic (exact) mass is 372 g/mol. The Balaban J connectivity index is 1.64. The predicted octanol–water partition coefficient (Wildman–Crippen LogP) is 3.12. The summed E-state index contributed by atoms with van der Waals surface area (Å²) < 4.78 is 7.78. The standard InChI is InChI=1S/C19H21ClN4O2/c1-22(2)9-13-10-23(12-16-5-6-21-24(16)11-13)19(25)18-8-14-7-15(20)3-4-17(14)26-18/h3-8,13H,9-12H2,1-2H3/t13-/m1/s1. The molecule has 0 spiro atoms. The highest BCUT2D eigenvalue weighted by molar-refractivity contribution is 6.31. The zero-order chi connectivity index (χ0) is 18.3. The Bertz CT molecular complexity index is 946. The van der Waals surface area contributed by atoms with Crippen LogP contribution in [0, 0.1) is 5.92 Å². The van der Waals surface area contributed by atoms with Crippen molar-refractivity contribution in [3.63, 3.8) is 0 Å². The highest BCUT2D eigenvalue weighted by Gasteiger charge is 2.28. The fourth-order valence-corrected chi connectivity index (χ4v) is 3.78. The van der Waals surface area contributed by atoms with Crippen LogP contribution in [-0.4, -0.2) is 52.7 Å². The minimum Gasteiger partial charge on any atom is -0.451 e. The van der Waals surface area contributed by atoms with Gasteiger partial charge in [-0.05, 0) is 44.4 Å². The van der Waals surface area contributed by atoms with E-state index in [0.717, 1.165) is 24.2 Å². The van der Waals surface area contributed by atoms with Crippen LogP contribution in [0.25, 0.3) is 11.0 Å². The number of halogens is 1. The molecule has 1 aromatic carbocycles. The van der Waals surface area contributed by atoms with Gasteiger partial charge in [-0.2, -0.15) is 5.10 Å². The van der Waals surface area contributed by atoms with Crippen LogP contribution in [0.15, 0.2) is 40.9 Å². The van der Waals surface area contributed by atoms with Gasteiger partial charge in [0.15, 0.2) is 5.76 Å². The molecule has 2 aromatic heterocycles. The zero-order valence-corrected chi connectivity index (χ0v) is 15.6. The molecule has 4 rings (SSSR count). The summed E-state index contributed by atoms with van der Waals surface area (Å²) in [6.45, 7) is 2.89. The van der Waals surface area contributed by atoms with Crippen molar-refractivity contribution in [3.8, 4) is 0 Å². The van der Waals surface area contributed by atoms with E-state index in [1.807, 2.05) is 35.8 Å². The molecule has 0 bridgehead atoms. The summed E-state index contributed by atoms with van der Waals surface area (Å²) >= 11 is 6.04. The minimum absolute atomic E-state index is 0.101. The van der Waals surface area contributed by atoms with Crippen LogP contribution in [0.3, 0.4) is 0 Å². The highest BCUT2D eigenvalue weighted by atomic mass is 35.5. The maximum Gasteiger partial charge on any atom is 0.289 e. The topological polar surface area (TPSA) is 54.5 Å². The van der Waals surface area contributed by atoms with E-state index in [1.54, 1.807) is 24.4 Å². The summed E-state index contributed by atoms with van der Waals surface area (Å²) in [5.74, 6) is 0.545. The third-order valence-electron chi connectivity index (χ3n) is 4.67. The number of benzene rings is 1. The number of furan rings is 1. The van der Waals surface area contributed by atoms with Gasteiger partial charge in [-0.15, -0.1) is 0 Å². The average molecular weight is 373 g/mol. The van der Waals surface area contributed by atoms with E-state index >= 15 is 0 Å². The lowest BCUT2D eigenvalue weighted by Gasteiger charge is -2.25. The number of fused-ring (bicyclic) bond motifs is 2. The molecule has 6 nitrogen and oxygen atoms in total. The average Bonchev–Trinajstić information content (AvgIpc) is 3.15. The molecule has 0 fully saturated rings. The van der Waals surface area contributed by atoms with Gasteiger partial charge in [0.25, 0.3) is 5.91 Å². The summed E-state index contributed by atoms with van der Waals surface area (Å²) in [5, 5.41) is 5.87. The number of hydrogen-bond acceptors (Lipinski definition) is 4. The number of rotatable bonds is 3. The quantitative estimate of drug-likeness (QED) is 0.708. The third-order valence-corrected chi connectivity index (χ3v) is 4.90. The second kappa shape index (κ2) is 6.78. The van der Waals surface area contributed by atoms with Crippen molar-refractivity contribution in [2.24, 2.45) is 5.92 Å². The Labute approximate surface area is 156 Å². The molecular formula is C19H21ClN4O2. The Hall–Kier alpha value is -2.31. The van der Waals surface area contributed by atoms with Crippen molar-refractivity contribution in [2.75, 3.05) is 27.2 Å². The van der Waals surface area contributed by atoms with Crippen molar-refractivity contribution >= 4 is 28.5 Å². The lowest BCUT2D eigenvalue weighted by atomic mass is 10.1. The van der Waals surface area contributed by atoms with Gasteiger partial charge in [0.1, 0.15) is 5.58 Å². The number of carbonyl (C=O) groups excluding carboxylic acids is 1. The van der Waals surface area contributed by atoms with E-state index in [0.29, 0.717) is 35.4 Å². The van der Waals surface area contributed by atoms with E-state index < -0.39 is 0 Å². The fourth-order valence-electron chi connectivity index (χ4n) is 3.59. The first-order valence-electron chi connectivity index (χ1n) is 8.63. The third kappa shape index (κ3) is 3.34. The summed E-state index contributed by atoms with van der Waals surface area (Å²) in [6, 6.07) is 9.10. The molecule has 1 aliphatic rings.